The number of benzene rings is 1. The molecule has 0 fully saturated rings. The Morgan fingerprint density at radius 1 is 1.41 bits per heavy atom. The Labute approximate surface area is 107 Å². The zero-order valence-corrected chi connectivity index (χ0v) is 10.8. The van der Waals surface area contributed by atoms with Crippen LogP contribution in [0.15, 0.2) is 24.3 Å². The maximum absolute atomic E-state index is 12.7. The number of rotatable bonds is 4. The van der Waals surface area contributed by atoms with E-state index in [0.717, 1.165) is 0 Å². The second kappa shape index (κ2) is 7.25. The lowest BCUT2D eigenvalue weighted by atomic mass is 10.2. The number of hydrogen-bond donors (Lipinski definition) is 1. The Hall–Kier alpha value is -1.13. The van der Waals surface area contributed by atoms with Crippen molar-refractivity contribution in [2.45, 2.75) is 25.8 Å². The maximum atomic E-state index is 12.7. The first-order chi connectivity index (χ1) is 7.50. The van der Waals surface area contributed by atoms with Gasteiger partial charge in [-0.1, -0.05) is 0 Å². The highest BCUT2D eigenvalue weighted by atomic mass is 35.5. The lowest BCUT2D eigenvalue weighted by Crippen LogP contribution is -2.28. The summed E-state index contributed by atoms with van der Waals surface area (Å²) in [6, 6.07) is 5.86. The van der Waals surface area contributed by atoms with Crippen molar-refractivity contribution in [1.29, 1.82) is 0 Å². The van der Waals surface area contributed by atoms with Gasteiger partial charge in [0.1, 0.15) is 5.82 Å². The zero-order chi connectivity index (χ0) is 12.1. The number of carbonyl (C=O) groups excluding carboxylic acids is 1. The molecule has 1 atom stereocenters. The maximum Gasteiger partial charge on any atom is 0.226 e. The van der Waals surface area contributed by atoms with Gasteiger partial charge in [-0.15, -0.1) is 12.4 Å². The largest absolute Gasteiger partial charge is 0.328 e. The first-order valence-electron chi connectivity index (χ1n) is 5.28. The van der Waals surface area contributed by atoms with Crippen molar-refractivity contribution in [2.24, 2.45) is 5.73 Å². The third-order valence-electron chi connectivity index (χ3n) is 2.40. The highest BCUT2D eigenvalue weighted by molar-refractivity contribution is 5.92. The van der Waals surface area contributed by atoms with Crippen molar-refractivity contribution >= 4 is 24.0 Å². The number of carbonyl (C=O) groups is 1. The Bertz CT molecular complexity index is 354. The smallest absolute Gasteiger partial charge is 0.226 e. The van der Waals surface area contributed by atoms with Crippen LogP contribution in [0.5, 0.6) is 0 Å². The molecule has 0 aliphatic rings. The molecule has 1 aromatic carbocycles. The van der Waals surface area contributed by atoms with E-state index < -0.39 is 0 Å². The van der Waals surface area contributed by atoms with Crippen LogP contribution in [-0.4, -0.2) is 19.0 Å². The second-order valence-corrected chi connectivity index (χ2v) is 3.95. The lowest BCUT2D eigenvalue weighted by molar-refractivity contribution is -0.118. The molecule has 0 aliphatic carbocycles. The SMILES string of the molecule is CC(N)CCC(=O)N(C)c1ccc(F)cc1.Cl. The molecule has 1 rings (SSSR count). The van der Waals surface area contributed by atoms with Crippen LogP contribution in [0.25, 0.3) is 0 Å². The van der Waals surface area contributed by atoms with Crippen LogP contribution >= 0.6 is 12.4 Å². The molecule has 5 heteroatoms. The van der Waals surface area contributed by atoms with Crippen LogP contribution in [-0.2, 0) is 4.79 Å². The minimum atomic E-state index is -0.305. The van der Waals surface area contributed by atoms with Gasteiger partial charge in [0.2, 0.25) is 5.91 Å². The Morgan fingerprint density at radius 3 is 2.41 bits per heavy atom. The zero-order valence-electron chi connectivity index (χ0n) is 10.0. The van der Waals surface area contributed by atoms with E-state index in [1.165, 1.54) is 17.0 Å². The summed E-state index contributed by atoms with van der Waals surface area (Å²) < 4.78 is 12.7. The van der Waals surface area contributed by atoms with E-state index in [9.17, 15) is 9.18 Å². The number of anilines is 1. The molecule has 1 amide bonds. The van der Waals surface area contributed by atoms with E-state index in [-0.39, 0.29) is 30.2 Å². The predicted octanol–water partition coefficient (Wildman–Crippen LogP) is 2.34. The minimum Gasteiger partial charge on any atom is -0.328 e. The molecular weight excluding hydrogens is 243 g/mol. The Kier molecular flexibility index (Phi) is 6.76. The van der Waals surface area contributed by atoms with Crippen molar-refractivity contribution in [2.75, 3.05) is 11.9 Å². The third kappa shape index (κ3) is 5.15. The first-order valence-corrected chi connectivity index (χ1v) is 5.28. The number of amides is 1. The quantitative estimate of drug-likeness (QED) is 0.903. The number of nitrogens with two attached hydrogens (primary N) is 1. The van der Waals surface area contributed by atoms with E-state index in [1.54, 1.807) is 19.2 Å². The average molecular weight is 261 g/mol. The summed E-state index contributed by atoms with van der Waals surface area (Å²) in [5.41, 5.74) is 6.27. The standard InChI is InChI=1S/C12H17FN2O.ClH/c1-9(14)3-8-12(16)15(2)11-6-4-10(13)5-7-11;/h4-7,9H,3,8,14H2,1-2H3;1H. The summed E-state index contributed by atoms with van der Waals surface area (Å²) in [4.78, 5) is 13.2. The molecule has 96 valence electrons. The van der Waals surface area contributed by atoms with Crippen LogP contribution < -0.4 is 10.6 Å². The van der Waals surface area contributed by atoms with Crippen molar-refractivity contribution in [3.05, 3.63) is 30.1 Å². The van der Waals surface area contributed by atoms with E-state index in [2.05, 4.69) is 0 Å². The molecule has 0 aromatic heterocycles. The third-order valence-corrected chi connectivity index (χ3v) is 2.40. The molecule has 0 aliphatic heterocycles. The summed E-state index contributed by atoms with van der Waals surface area (Å²) in [5, 5.41) is 0. The van der Waals surface area contributed by atoms with Gasteiger partial charge in [0.15, 0.2) is 0 Å². The average Bonchev–Trinajstić information content (AvgIpc) is 2.26. The molecule has 0 heterocycles. The minimum absolute atomic E-state index is 0. The van der Waals surface area contributed by atoms with Gasteiger partial charge in [-0.05, 0) is 37.6 Å². The van der Waals surface area contributed by atoms with E-state index in [1.807, 2.05) is 6.92 Å². The van der Waals surface area contributed by atoms with Gasteiger partial charge in [-0.25, -0.2) is 4.39 Å². The molecular formula is C12H18ClFN2O. The van der Waals surface area contributed by atoms with Crippen molar-refractivity contribution in [3.8, 4) is 0 Å². The van der Waals surface area contributed by atoms with Gasteiger partial charge in [-0.3, -0.25) is 4.79 Å². The summed E-state index contributed by atoms with van der Waals surface area (Å²) in [6.07, 6.45) is 1.07. The number of nitrogens with zero attached hydrogens (tertiary/aromatic N) is 1. The van der Waals surface area contributed by atoms with E-state index in [4.69, 9.17) is 5.73 Å². The van der Waals surface area contributed by atoms with Gasteiger partial charge in [0.05, 0.1) is 0 Å². The molecule has 0 spiro atoms. The van der Waals surface area contributed by atoms with Gasteiger partial charge in [-0.2, -0.15) is 0 Å². The molecule has 1 unspecified atom stereocenters. The molecule has 0 radical (unpaired) electrons. The number of halogens is 2. The Balaban J connectivity index is 0.00000256. The topological polar surface area (TPSA) is 46.3 Å². The fourth-order valence-corrected chi connectivity index (χ4v) is 1.33. The number of hydrogen-bond acceptors (Lipinski definition) is 2. The molecule has 17 heavy (non-hydrogen) atoms. The molecule has 2 N–H and O–H groups in total. The molecule has 3 nitrogen and oxygen atoms in total. The normalized spacial score (nSPS) is 11.5. The van der Waals surface area contributed by atoms with E-state index in [0.29, 0.717) is 18.5 Å². The molecule has 0 saturated heterocycles. The fraction of sp³-hybridized carbons (Fsp3) is 0.417. The van der Waals surface area contributed by atoms with Gasteiger partial charge in [0.25, 0.3) is 0 Å². The van der Waals surface area contributed by atoms with Gasteiger partial charge in [0, 0.05) is 25.2 Å². The fourth-order valence-electron chi connectivity index (χ4n) is 1.33. The highest BCUT2D eigenvalue weighted by Gasteiger charge is 2.11. The summed E-state index contributed by atoms with van der Waals surface area (Å²) >= 11 is 0. The van der Waals surface area contributed by atoms with Crippen LogP contribution in [0.3, 0.4) is 0 Å². The summed E-state index contributed by atoms with van der Waals surface area (Å²) in [6.45, 7) is 1.87. The van der Waals surface area contributed by atoms with Crippen LogP contribution in [0, 0.1) is 5.82 Å². The van der Waals surface area contributed by atoms with Crippen LogP contribution in [0.4, 0.5) is 10.1 Å². The van der Waals surface area contributed by atoms with Crippen LogP contribution in [0.2, 0.25) is 0 Å². The predicted molar refractivity (Wildman–Crippen MR) is 69.9 cm³/mol. The highest BCUT2D eigenvalue weighted by Crippen LogP contribution is 2.14. The molecule has 0 saturated carbocycles. The van der Waals surface area contributed by atoms with Crippen molar-refractivity contribution in [1.82, 2.24) is 0 Å². The molecule has 0 bridgehead atoms. The van der Waals surface area contributed by atoms with Crippen molar-refractivity contribution < 1.29 is 9.18 Å². The van der Waals surface area contributed by atoms with E-state index >= 15 is 0 Å². The summed E-state index contributed by atoms with van der Waals surface area (Å²) in [7, 11) is 1.68. The lowest BCUT2D eigenvalue weighted by Gasteiger charge is -2.17. The monoisotopic (exact) mass is 260 g/mol. The first kappa shape index (κ1) is 15.9. The Morgan fingerprint density at radius 2 is 1.94 bits per heavy atom. The molecule has 1 aromatic rings. The van der Waals surface area contributed by atoms with Gasteiger partial charge < -0.3 is 10.6 Å². The van der Waals surface area contributed by atoms with Crippen molar-refractivity contribution in [3.63, 3.8) is 0 Å². The second-order valence-electron chi connectivity index (χ2n) is 3.95. The summed E-state index contributed by atoms with van der Waals surface area (Å²) in [5.74, 6) is -0.316. The van der Waals surface area contributed by atoms with Crippen LogP contribution in [0.1, 0.15) is 19.8 Å². The van der Waals surface area contributed by atoms with Gasteiger partial charge >= 0.3 is 0 Å².